The molecule has 1 aliphatic heterocycles. The van der Waals surface area contributed by atoms with Crippen LogP contribution in [-0.2, 0) is 0 Å². The van der Waals surface area contributed by atoms with Crippen LogP contribution in [0.3, 0.4) is 0 Å². The Balaban J connectivity index is 2.18. The van der Waals surface area contributed by atoms with Crippen LogP contribution in [0.4, 0.5) is 5.69 Å². The minimum absolute atomic E-state index is 0.252. The summed E-state index contributed by atoms with van der Waals surface area (Å²) in [5.74, 6) is 2.23. The number of hydrogen-bond acceptors (Lipinski definition) is 4. The van der Waals surface area contributed by atoms with Gasteiger partial charge in [-0.15, -0.1) is 0 Å². The van der Waals surface area contributed by atoms with Gasteiger partial charge in [-0.3, -0.25) is 0 Å². The monoisotopic (exact) mass is 250 g/mol. The van der Waals surface area contributed by atoms with Gasteiger partial charge in [-0.1, -0.05) is 0 Å². The Morgan fingerprint density at radius 2 is 1.83 bits per heavy atom. The second-order valence-electron chi connectivity index (χ2n) is 4.92. The highest BCUT2D eigenvalue weighted by atomic mass is 16.5. The highest BCUT2D eigenvalue weighted by Crippen LogP contribution is 2.32. The summed E-state index contributed by atoms with van der Waals surface area (Å²) in [6.45, 7) is 4.14. The molecule has 1 heterocycles. The summed E-state index contributed by atoms with van der Waals surface area (Å²) < 4.78 is 10.6. The molecule has 2 rings (SSSR count). The van der Waals surface area contributed by atoms with Gasteiger partial charge in [0.15, 0.2) is 0 Å². The molecule has 0 aromatic heterocycles. The fraction of sp³-hybridized carbons (Fsp3) is 0.571. The molecule has 0 aliphatic carbocycles. The number of hydrogen-bond donors (Lipinski definition) is 1. The maximum Gasteiger partial charge on any atom is 0.124 e. The first-order valence-corrected chi connectivity index (χ1v) is 6.37. The predicted molar refractivity (Wildman–Crippen MR) is 73.5 cm³/mol. The number of benzene rings is 1. The van der Waals surface area contributed by atoms with Crippen molar-refractivity contribution in [2.24, 2.45) is 11.7 Å². The molecule has 0 saturated carbocycles. The highest BCUT2D eigenvalue weighted by molar-refractivity contribution is 5.56. The van der Waals surface area contributed by atoms with E-state index in [4.69, 9.17) is 15.2 Å². The molecule has 1 aromatic carbocycles. The summed E-state index contributed by atoms with van der Waals surface area (Å²) in [7, 11) is 3.35. The molecule has 100 valence electrons. The lowest BCUT2D eigenvalue weighted by Gasteiger charge is -2.21. The fourth-order valence-corrected chi connectivity index (χ4v) is 2.43. The van der Waals surface area contributed by atoms with Crippen LogP contribution in [0, 0.1) is 5.92 Å². The van der Waals surface area contributed by atoms with Gasteiger partial charge in [0, 0.05) is 43.0 Å². The number of anilines is 1. The maximum absolute atomic E-state index is 5.97. The molecule has 2 unspecified atom stereocenters. The summed E-state index contributed by atoms with van der Waals surface area (Å²) in [4.78, 5) is 2.35. The van der Waals surface area contributed by atoms with Gasteiger partial charge in [0.05, 0.1) is 14.2 Å². The van der Waals surface area contributed by atoms with Crippen molar-refractivity contribution in [2.45, 2.75) is 19.4 Å². The average Bonchev–Trinajstić information content (AvgIpc) is 2.87. The molecule has 0 radical (unpaired) electrons. The van der Waals surface area contributed by atoms with Crippen molar-refractivity contribution in [3.63, 3.8) is 0 Å². The van der Waals surface area contributed by atoms with E-state index in [0.717, 1.165) is 36.7 Å². The standard InChI is InChI=1S/C14H22N2O2/c1-10(15)11-4-5-16(9-11)12-6-13(17-2)8-14(7-12)18-3/h6-8,10-11H,4-5,9,15H2,1-3H3. The Labute approximate surface area is 109 Å². The van der Waals surface area contributed by atoms with Gasteiger partial charge < -0.3 is 20.1 Å². The van der Waals surface area contributed by atoms with E-state index in [9.17, 15) is 0 Å². The van der Waals surface area contributed by atoms with Crippen molar-refractivity contribution >= 4 is 5.69 Å². The van der Waals surface area contributed by atoms with Gasteiger partial charge in [0.25, 0.3) is 0 Å². The Kier molecular flexibility index (Phi) is 3.97. The Bertz CT molecular complexity index is 385. The molecule has 0 bridgehead atoms. The first-order chi connectivity index (χ1) is 8.63. The zero-order valence-electron chi connectivity index (χ0n) is 11.3. The summed E-state index contributed by atoms with van der Waals surface area (Å²) in [6.07, 6.45) is 1.15. The van der Waals surface area contributed by atoms with Gasteiger partial charge in [-0.05, 0) is 19.3 Å². The smallest absolute Gasteiger partial charge is 0.124 e. The van der Waals surface area contributed by atoms with E-state index < -0.39 is 0 Å². The van der Waals surface area contributed by atoms with Gasteiger partial charge >= 0.3 is 0 Å². The third kappa shape index (κ3) is 2.70. The van der Waals surface area contributed by atoms with Crippen molar-refractivity contribution in [3.8, 4) is 11.5 Å². The number of nitrogens with two attached hydrogens (primary N) is 1. The molecule has 1 fully saturated rings. The van der Waals surface area contributed by atoms with E-state index in [-0.39, 0.29) is 6.04 Å². The molecular weight excluding hydrogens is 228 g/mol. The van der Waals surface area contributed by atoms with E-state index in [1.165, 1.54) is 0 Å². The van der Waals surface area contributed by atoms with E-state index in [1.54, 1.807) is 14.2 Å². The molecule has 1 aromatic rings. The van der Waals surface area contributed by atoms with Crippen LogP contribution < -0.4 is 20.1 Å². The third-order valence-corrected chi connectivity index (χ3v) is 3.67. The van der Waals surface area contributed by atoms with Crippen LogP contribution in [0.2, 0.25) is 0 Å². The number of rotatable bonds is 4. The molecule has 2 atom stereocenters. The first kappa shape index (κ1) is 13.0. The summed E-state index contributed by atoms with van der Waals surface area (Å²) >= 11 is 0. The van der Waals surface area contributed by atoms with Crippen molar-refractivity contribution < 1.29 is 9.47 Å². The van der Waals surface area contributed by atoms with Crippen molar-refractivity contribution in [1.29, 1.82) is 0 Å². The normalized spacial score (nSPS) is 20.9. The summed E-state index contributed by atoms with van der Waals surface area (Å²) in [6, 6.07) is 6.24. The Hall–Kier alpha value is -1.42. The van der Waals surface area contributed by atoms with Gasteiger partial charge in [-0.2, -0.15) is 0 Å². The summed E-state index contributed by atoms with van der Waals surface area (Å²) in [5, 5.41) is 0. The Morgan fingerprint density at radius 1 is 1.22 bits per heavy atom. The van der Waals surface area contributed by atoms with Gasteiger partial charge in [-0.25, -0.2) is 0 Å². The maximum atomic E-state index is 5.97. The lowest BCUT2D eigenvalue weighted by atomic mass is 10.0. The number of ether oxygens (including phenoxy) is 2. The van der Waals surface area contributed by atoms with Crippen LogP contribution >= 0.6 is 0 Å². The molecule has 4 nitrogen and oxygen atoms in total. The van der Waals surface area contributed by atoms with Crippen LogP contribution in [0.5, 0.6) is 11.5 Å². The topological polar surface area (TPSA) is 47.7 Å². The van der Waals surface area contributed by atoms with Crippen molar-refractivity contribution in [3.05, 3.63) is 18.2 Å². The van der Waals surface area contributed by atoms with Crippen LogP contribution in [0.25, 0.3) is 0 Å². The third-order valence-electron chi connectivity index (χ3n) is 3.67. The van der Waals surface area contributed by atoms with Crippen molar-refractivity contribution in [2.75, 3.05) is 32.2 Å². The molecule has 1 aliphatic rings. The van der Waals surface area contributed by atoms with Crippen LogP contribution in [-0.4, -0.2) is 33.4 Å². The zero-order valence-corrected chi connectivity index (χ0v) is 11.3. The summed E-state index contributed by atoms with van der Waals surface area (Å²) in [5.41, 5.74) is 7.12. The van der Waals surface area contributed by atoms with E-state index in [0.29, 0.717) is 5.92 Å². The molecule has 18 heavy (non-hydrogen) atoms. The largest absolute Gasteiger partial charge is 0.497 e. The molecule has 1 saturated heterocycles. The highest BCUT2D eigenvalue weighted by Gasteiger charge is 2.25. The second kappa shape index (κ2) is 5.48. The lowest BCUT2D eigenvalue weighted by molar-refractivity contribution is 0.394. The van der Waals surface area contributed by atoms with Crippen LogP contribution in [0.1, 0.15) is 13.3 Å². The Morgan fingerprint density at radius 3 is 2.28 bits per heavy atom. The number of methoxy groups -OCH3 is 2. The second-order valence-corrected chi connectivity index (χ2v) is 4.92. The van der Waals surface area contributed by atoms with E-state index in [1.807, 2.05) is 18.2 Å². The van der Waals surface area contributed by atoms with Crippen LogP contribution in [0.15, 0.2) is 18.2 Å². The van der Waals surface area contributed by atoms with Gasteiger partial charge in [0.1, 0.15) is 11.5 Å². The molecular formula is C14H22N2O2. The molecule has 0 spiro atoms. The van der Waals surface area contributed by atoms with Gasteiger partial charge in [0.2, 0.25) is 0 Å². The quantitative estimate of drug-likeness (QED) is 0.886. The fourth-order valence-electron chi connectivity index (χ4n) is 2.43. The number of nitrogens with zero attached hydrogens (tertiary/aromatic N) is 1. The average molecular weight is 250 g/mol. The van der Waals surface area contributed by atoms with E-state index >= 15 is 0 Å². The predicted octanol–water partition coefficient (Wildman–Crippen LogP) is 1.88. The molecule has 0 amide bonds. The lowest BCUT2D eigenvalue weighted by Crippen LogP contribution is -2.29. The van der Waals surface area contributed by atoms with E-state index in [2.05, 4.69) is 11.8 Å². The molecule has 2 N–H and O–H groups in total. The minimum atomic E-state index is 0.252. The minimum Gasteiger partial charge on any atom is -0.497 e. The SMILES string of the molecule is COc1cc(OC)cc(N2CCC(C(C)N)C2)c1. The first-order valence-electron chi connectivity index (χ1n) is 6.37. The molecule has 4 heteroatoms. The van der Waals surface area contributed by atoms with Crippen molar-refractivity contribution in [1.82, 2.24) is 0 Å². The zero-order chi connectivity index (χ0) is 13.1.